The molecule has 3 aromatic heterocycles. The summed E-state index contributed by atoms with van der Waals surface area (Å²) < 4.78 is 12.5. The fourth-order valence-electron chi connectivity index (χ4n) is 3.95. The van der Waals surface area contributed by atoms with E-state index in [-0.39, 0.29) is 5.95 Å². The smallest absolute Gasteiger partial charge is 0.221 e. The molecule has 0 amide bonds. The maximum Gasteiger partial charge on any atom is 0.221 e. The number of anilines is 1. The Balaban J connectivity index is 1.45. The van der Waals surface area contributed by atoms with Crippen molar-refractivity contribution in [2.45, 2.75) is 25.0 Å². The number of aliphatic hydroxyl groups is 1. The Morgan fingerprint density at radius 2 is 1.94 bits per heavy atom. The van der Waals surface area contributed by atoms with Gasteiger partial charge in [-0.2, -0.15) is 0 Å². The van der Waals surface area contributed by atoms with Crippen molar-refractivity contribution in [1.82, 2.24) is 29.9 Å². The van der Waals surface area contributed by atoms with Crippen LogP contribution in [0.15, 0.2) is 42.6 Å². The standard InChI is InChI=1S/C22H23N7O3/c1-31-17-6-3-5-15-19(25-21(23)26-20(15)17)16-13-29(28-27-16)12-14-4-2-7-18(24-14)22(30)8-10-32-11-9-22/h2-7,13,30H,8-12H2,1H3,(H2,23,25,26). The van der Waals surface area contributed by atoms with Gasteiger partial charge in [-0.05, 0) is 18.2 Å². The number of para-hydroxylation sites is 1. The summed E-state index contributed by atoms with van der Waals surface area (Å²) in [7, 11) is 1.58. The van der Waals surface area contributed by atoms with Crippen molar-refractivity contribution >= 4 is 16.9 Å². The molecule has 4 heterocycles. The topological polar surface area (TPSA) is 134 Å². The van der Waals surface area contributed by atoms with Crippen molar-refractivity contribution in [1.29, 1.82) is 0 Å². The molecule has 1 fully saturated rings. The van der Waals surface area contributed by atoms with Gasteiger partial charge in [0.1, 0.15) is 28.3 Å². The van der Waals surface area contributed by atoms with Crippen LogP contribution in [-0.2, 0) is 16.9 Å². The van der Waals surface area contributed by atoms with Crippen molar-refractivity contribution in [3.63, 3.8) is 0 Å². The fraction of sp³-hybridized carbons (Fsp3) is 0.318. The van der Waals surface area contributed by atoms with E-state index in [0.717, 1.165) is 11.1 Å². The van der Waals surface area contributed by atoms with Gasteiger partial charge >= 0.3 is 0 Å². The van der Waals surface area contributed by atoms with Gasteiger partial charge in [-0.3, -0.25) is 4.98 Å². The molecule has 0 unspecified atom stereocenters. The lowest BCUT2D eigenvalue weighted by atomic mass is 9.90. The molecule has 0 aliphatic carbocycles. The molecule has 0 spiro atoms. The second kappa shape index (κ2) is 8.13. The van der Waals surface area contributed by atoms with E-state index in [2.05, 4.69) is 25.3 Å². The van der Waals surface area contributed by atoms with Gasteiger partial charge in [0.05, 0.1) is 31.2 Å². The van der Waals surface area contributed by atoms with E-state index in [9.17, 15) is 5.11 Å². The minimum Gasteiger partial charge on any atom is -0.494 e. The summed E-state index contributed by atoms with van der Waals surface area (Å²) in [4.78, 5) is 13.4. The molecule has 1 saturated heterocycles. The number of ether oxygens (including phenoxy) is 2. The van der Waals surface area contributed by atoms with Crippen LogP contribution in [0.2, 0.25) is 0 Å². The van der Waals surface area contributed by atoms with E-state index >= 15 is 0 Å². The molecule has 164 valence electrons. The van der Waals surface area contributed by atoms with E-state index in [4.69, 9.17) is 15.2 Å². The van der Waals surface area contributed by atoms with Gasteiger partial charge in [-0.1, -0.05) is 23.4 Å². The molecule has 1 aliphatic rings. The maximum atomic E-state index is 10.9. The first-order chi connectivity index (χ1) is 15.6. The highest BCUT2D eigenvalue weighted by Crippen LogP contribution is 2.32. The maximum absolute atomic E-state index is 10.9. The monoisotopic (exact) mass is 433 g/mol. The lowest BCUT2D eigenvalue weighted by molar-refractivity contribution is -0.0706. The molecule has 0 bridgehead atoms. The average molecular weight is 433 g/mol. The first kappa shape index (κ1) is 20.3. The Morgan fingerprint density at radius 1 is 1.12 bits per heavy atom. The number of nitrogen functional groups attached to an aromatic ring is 1. The molecule has 1 aliphatic heterocycles. The summed E-state index contributed by atoms with van der Waals surface area (Å²) in [6.45, 7) is 1.44. The highest BCUT2D eigenvalue weighted by Gasteiger charge is 2.33. The minimum absolute atomic E-state index is 0.130. The first-order valence-electron chi connectivity index (χ1n) is 10.3. The van der Waals surface area contributed by atoms with E-state index in [0.29, 0.717) is 60.9 Å². The van der Waals surface area contributed by atoms with E-state index in [1.807, 2.05) is 36.4 Å². The molecule has 4 aromatic rings. The number of hydrogen-bond acceptors (Lipinski definition) is 9. The highest BCUT2D eigenvalue weighted by atomic mass is 16.5. The molecule has 32 heavy (non-hydrogen) atoms. The van der Waals surface area contributed by atoms with Gasteiger partial charge in [-0.25, -0.2) is 14.6 Å². The van der Waals surface area contributed by atoms with Gasteiger partial charge < -0.3 is 20.3 Å². The van der Waals surface area contributed by atoms with Gasteiger partial charge in [0, 0.05) is 31.4 Å². The number of rotatable bonds is 5. The molecular formula is C22H23N7O3. The molecule has 0 saturated carbocycles. The van der Waals surface area contributed by atoms with Crippen LogP contribution in [-0.4, -0.2) is 55.4 Å². The minimum atomic E-state index is -0.960. The third-order valence-electron chi connectivity index (χ3n) is 5.64. The highest BCUT2D eigenvalue weighted by molar-refractivity contribution is 5.95. The molecule has 10 heteroatoms. The van der Waals surface area contributed by atoms with Crippen LogP contribution in [0, 0.1) is 0 Å². The van der Waals surface area contributed by atoms with Crippen LogP contribution in [0.4, 0.5) is 5.95 Å². The molecular weight excluding hydrogens is 410 g/mol. The van der Waals surface area contributed by atoms with Gasteiger partial charge in [0.25, 0.3) is 0 Å². The van der Waals surface area contributed by atoms with Crippen LogP contribution in [0.25, 0.3) is 22.3 Å². The number of nitrogens with zero attached hydrogens (tertiary/aromatic N) is 6. The summed E-state index contributed by atoms with van der Waals surface area (Å²) in [6, 6.07) is 11.2. The second-order valence-corrected chi connectivity index (χ2v) is 7.75. The first-order valence-corrected chi connectivity index (χ1v) is 10.3. The fourth-order valence-corrected chi connectivity index (χ4v) is 3.95. The summed E-state index contributed by atoms with van der Waals surface area (Å²) >= 11 is 0. The summed E-state index contributed by atoms with van der Waals surface area (Å²) in [5.74, 6) is 0.739. The van der Waals surface area contributed by atoms with Crippen LogP contribution in [0.3, 0.4) is 0 Å². The van der Waals surface area contributed by atoms with Crippen molar-refractivity contribution in [3.05, 3.63) is 54.0 Å². The van der Waals surface area contributed by atoms with Crippen LogP contribution in [0.5, 0.6) is 5.75 Å². The van der Waals surface area contributed by atoms with Gasteiger partial charge in [-0.15, -0.1) is 5.10 Å². The molecule has 3 N–H and O–H groups in total. The van der Waals surface area contributed by atoms with Crippen LogP contribution < -0.4 is 10.5 Å². The van der Waals surface area contributed by atoms with Crippen molar-refractivity contribution in [2.24, 2.45) is 0 Å². The lowest BCUT2D eigenvalue weighted by Crippen LogP contribution is -2.34. The van der Waals surface area contributed by atoms with Gasteiger partial charge in [0.15, 0.2) is 0 Å². The predicted molar refractivity (Wildman–Crippen MR) is 117 cm³/mol. The SMILES string of the molecule is COc1cccc2c(-c3cn(Cc4cccc(C5(O)CCOCC5)n4)nn3)nc(N)nc12. The summed E-state index contributed by atoms with van der Waals surface area (Å²) in [6.07, 6.45) is 2.85. The molecule has 10 nitrogen and oxygen atoms in total. The number of benzene rings is 1. The quantitative estimate of drug-likeness (QED) is 0.484. The zero-order valence-electron chi connectivity index (χ0n) is 17.6. The van der Waals surface area contributed by atoms with Crippen molar-refractivity contribution < 1.29 is 14.6 Å². The van der Waals surface area contributed by atoms with Crippen LogP contribution >= 0.6 is 0 Å². The Kier molecular flexibility index (Phi) is 5.16. The zero-order valence-corrected chi connectivity index (χ0v) is 17.6. The molecule has 1 aromatic carbocycles. The normalized spacial score (nSPS) is 15.7. The van der Waals surface area contributed by atoms with E-state index < -0.39 is 5.60 Å². The Morgan fingerprint density at radius 3 is 2.75 bits per heavy atom. The summed E-state index contributed by atoms with van der Waals surface area (Å²) in [5, 5.41) is 20.2. The lowest BCUT2D eigenvalue weighted by Gasteiger charge is -2.31. The Bertz CT molecular complexity index is 1270. The summed E-state index contributed by atoms with van der Waals surface area (Å²) in [5.41, 5.74) is 8.17. The van der Waals surface area contributed by atoms with Gasteiger partial charge in [0.2, 0.25) is 5.95 Å². The molecule has 5 rings (SSSR count). The predicted octanol–water partition coefficient (Wildman–Crippen LogP) is 1.92. The number of hydrogen-bond donors (Lipinski definition) is 2. The Labute approximate surface area is 184 Å². The number of methoxy groups -OCH3 is 1. The zero-order chi connectivity index (χ0) is 22.1. The second-order valence-electron chi connectivity index (χ2n) is 7.75. The Hall–Kier alpha value is -3.63. The molecule has 0 radical (unpaired) electrons. The van der Waals surface area contributed by atoms with Crippen molar-refractivity contribution in [3.8, 4) is 17.1 Å². The number of fused-ring (bicyclic) bond motifs is 1. The van der Waals surface area contributed by atoms with E-state index in [1.54, 1.807) is 18.0 Å². The average Bonchev–Trinajstić information content (AvgIpc) is 3.27. The van der Waals surface area contributed by atoms with E-state index in [1.165, 1.54) is 0 Å². The number of pyridine rings is 1. The van der Waals surface area contributed by atoms with Crippen LogP contribution in [0.1, 0.15) is 24.2 Å². The third kappa shape index (κ3) is 3.74. The number of nitrogens with two attached hydrogens (primary N) is 1. The largest absolute Gasteiger partial charge is 0.494 e. The molecule has 0 atom stereocenters. The number of aromatic nitrogens is 6. The van der Waals surface area contributed by atoms with Crippen molar-refractivity contribution in [2.75, 3.05) is 26.1 Å². The third-order valence-corrected chi connectivity index (χ3v) is 5.64.